The van der Waals surface area contributed by atoms with Crippen LogP contribution in [0.25, 0.3) is 0 Å². The number of hydrogen-bond donors (Lipinski definition) is 1. The van der Waals surface area contributed by atoms with Crippen LogP contribution in [-0.2, 0) is 24.2 Å². The number of hydrogen-bond acceptors (Lipinski definition) is 5. The van der Waals surface area contributed by atoms with E-state index in [4.69, 9.17) is 21.1 Å². The predicted octanol–water partition coefficient (Wildman–Crippen LogP) is 5.06. The number of carbonyl (C=O) groups is 1. The normalized spacial score (nSPS) is 10.8. The fourth-order valence-electron chi connectivity index (χ4n) is 2.75. The number of carbonyl (C=O) groups excluding carboxylic acids is 1. The van der Waals surface area contributed by atoms with E-state index in [9.17, 15) is 4.79 Å². The van der Waals surface area contributed by atoms with Crippen molar-refractivity contribution in [3.63, 3.8) is 0 Å². The van der Waals surface area contributed by atoms with E-state index in [1.165, 1.54) is 11.3 Å². The highest BCUT2D eigenvalue weighted by Gasteiger charge is 2.08. The Morgan fingerprint density at radius 3 is 2.50 bits per heavy atom. The fourth-order valence-corrected chi connectivity index (χ4v) is 3.58. The summed E-state index contributed by atoms with van der Waals surface area (Å²) in [6.45, 7) is 4.95. The minimum atomic E-state index is -0.0368. The number of aromatic nitrogens is 1. The molecule has 1 N–H and O–H groups in total. The first-order valence-electron chi connectivity index (χ1n) is 9.82. The molecule has 1 amide bonds. The first-order valence-corrected chi connectivity index (χ1v) is 11.1. The Balaban J connectivity index is 1.38. The van der Waals surface area contributed by atoms with Crippen molar-refractivity contribution in [3.8, 4) is 11.5 Å². The molecular weight excluding hydrogens is 420 g/mol. The SMILES string of the molecule is CC(C)Oc1ccc(CCNC(=O)Cc2csc(COc3ccc(Cl)cc3)n2)cc1. The molecule has 0 aliphatic rings. The van der Waals surface area contributed by atoms with Gasteiger partial charge >= 0.3 is 0 Å². The molecule has 5 nitrogen and oxygen atoms in total. The van der Waals surface area contributed by atoms with Crippen LogP contribution in [0, 0.1) is 0 Å². The van der Waals surface area contributed by atoms with Crippen molar-refractivity contribution in [1.29, 1.82) is 0 Å². The van der Waals surface area contributed by atoms with Gasteiger partial charge in [0.05, 0.1) is 18.2 Å². The summed E-state index contributed by atoms with van der Waals surface area (Å²) in [6, 6.07) is 15.2. The van der Waals surface area contributed by atoms with Crippen LogP contribution in [0.3, 0.4) is 0 Å². The number of nitrogens with zero attached hydrogens (tertiary/aromatic N) is 1. The molecule has 0 unspecified atom stereocenters. The summed E-state index contributed by atoms with van der Waals surface area (Å²) >= 11 is 7.35. The molecule has 1 aromatic heterocycles. The molecule has 0 saturated carbocycles. The van der Waals surface area contributed by atoms with Gasteiger partial charge in [0.2, 0.25) is 5.91 Å². The highest BCUT2D eigenvalue weighted by atomic mass is 35.5. The van der Waals surface area contributed by atoms with Crippen molar-refractivity contribution < 1.29 is 14.3 Å². The van der Waals surface area contributed by atoms with Crippen LogP contribution in [0.1, 0.15) is 30.1 Å². The average molecular weight is 445 g/mol. The summed E-state index contributed by atoms with van der Waals surface area (Å²) in [5.74, 6) is 1.56. The largest absolute Gasteiger partial charge is 0.491 e. The lowest BCUT2D eigenvalue weighted by atomic mass is 10.1. The van der Waals surface area contributed by atoms with E-state index in [1.807, 2.05) is 55.6 Å². The van der Waals surface area contributed by atoms with Crippen molar-refractivity contribution in [3.05, 3.63) is 75.2 Å². The Hall–Kier alpha value is -2.57. The zero-order valence-electron chi connectivity index (χ0n) is 17.1. The maximum Gasteiger partial charge on any atom is 0.226 e. The van der Waals surface area contributed by atoms with Gasteiger partial charge in [0.1, 0.15) is 23.1 Å². The van der Waals surface area contributed by atoms with Gasteiger partial charge in [0.25, 0.3) is 0 Å². The van der Waals surface area contributed by atoms with Crippen molar-refractivity contribution in [2.75, 3.05) is 6.54 Å². The van der Waals surface area contributed by atoms with Crippen LogP contribution in [0.4, 0.5) is 0 Å². The van der Waals surface area contributed by atoms with Gasteiger partial charge in [-0.2, -0.15) is 0 Å². The van der Waals surface area contributed by atoms with Crippen LogP contribution >= 0.6 is 22.9 Å². The summed E-state index contributed by atoms with van der Waals surface area (Å²) in [5, 5.41) is 6.34. The molecular formula is C23H25ClN2O3S. The van der Waals surface area contributed by atoms with E-state index in [-0.39, 0.29) is 18.4 Å². The minimum Gasteiger partial charge on any atom is -0.491 e. The lowest BCUT2D eigenvalue weighted by Crippen LogP contribution is -2.27. The summed E-state index contributed by atoms with van der Waals surface area (Å²) in [4.78, 5) is 16.7. The van der Waals surface area contributed by atoms with E-state index in [0.29, 0.717) is 18.2 Å². The van der Waals surface area contributed by atoms with E-state index < -0.39 is 0 Å². The third kappa shape index (κ3) is 7.35. The molecule has 0 atom stereocenters. The molecule has 3 aromatic rings. The van der Waals surface area contributed by atoms with Crippen LogP contribution in [0.2, 0.25) is 5.02 Å². The summed E-state index contributed by atoms with van der Waals surface area (Å²) < 4.78 is 11.3. The molecule has 30 heavy (non-hydrogen) atoms. The third-order valence-electron chi connectivity index (χ3n) is 4.15. The molecule has 0 fully saturated rings. The standard InChI is InChI=1S/C23H25ClN2O3S/c1-16(2)29-21-7-3-17(4-8-21)11-12-25-22(27)13-19-15-30-23(26-19)14-28-20-9-5-18(24)6-10-20/h3-10,15-16H,11-14H2,1-2H3,(H,25,27). The Morgan fingerprint density at radius 2 is 1.80 bits per heavy atom. The molecule has 2 aromatic carbocycles. The van der Waals surface area contributed by atoms with Crippen LogP contribution < -0.4 is 14.8 Å². The lowest BCUT2D eigenvalue weighted by Gasteiger charge is -2.10. The Morgan fingerprint density at radius 1 is 1.10 bits per heavy atom. The first-order chi connectivity index (χ1) is 14.5. The molecule has 1 heterocycles. The molecule has 7 heteroatoms. The average Bonchev–Trinajstić information content (AvgIpc) is 3.16. The van der Waals surface area contributed by atoms with Gasteiger partial charge in [-0.15, -0.1) is 11.3 Å². The fraction of sp³-hybridized carbons (Fsp3) is 0.304. The lowest BCUT2D eigenvalue weighted by molar-refractivity contribution is -0.120. The van der Waals surface area contributed by atoms with Crippen molar-refractivity contribution in [2.45, 2.75) is 39.4 Å². The van der Waals surface area contributed by atoms with Crippen LogP contribution in [-0.4, -0.2) is 23.5 Å². The molecule has 0 saturated heterocycles. The Bertz CT molecular complexity index is 940. The Kier molecular flexibility index (Phi) is 8.11. The second-order valence-corrected chi connectivity index (χ2v) is 8.44. The molecule has 158 valence electrons. The maximum atomic E-state index is 12.2. The number of benzene rings is 2. The molecule has 0 aliphatic carbocycles. The highest BCUT2D eigenvalue weighted by molar-refractivity contribution is 7.09. The number of thiazole rings is 1. The number of halogens is 1. The van der Waals surface area contributed by atoms with Gasteiger partial charge in [0, 0.05) is 16.9 Å². The molecule has 3 rings (SSSR count). The number of nitrogens with one attached hydrogen (secondary N) is 1. The van der Waals surface area contributed by atoms with Crippen molar-refractivity contribution in [1.82, 2.24) is 10.3 Å². The van der Waals surface area contributed by atoms with E-state index in [0.717, 1.165) is 34.2 Å². The quantitative estimate of drug-likeness (QED) is 0.474. The zero-order chi connectivity index (χ0) is 21.3. The number of amides is 1. The van der Waals surface area contributed by atoms with Gasteiger partial charge in [0.15, 0.2) is 0 Å². The van der Waals surface area contributed by atoms with Gasteiger partial charge in [-0.25, -0.2) is 4.98 Å². The van der Waals surface area contributed by atoms with Crippen LogP contribution in [0.5, 0.6) is 11.5 Å². The second-order valence-electron chi connectivity index (χ2n) is 7.06. The van der Waals surface area contributed by atoms with E-state index >= 15 is 0 Å². The second kappa shape index (κ2) is 11.0. The maximum absolute atomic E-state index is 12.2. The summed E-state index contributed by atoms with van der Waals surface area (Å²) in [6.07, 6.45) is 1.19. The summed E-state index contributed by atoms with van der Waals surface area (Å²) in [7, 11) is 0. The molecule has 0 bridgehead atoms. The number of rotatable bonds is 10. The molecule has 0 spiro atoms. The van der Waals surface area contributed by atoms with Gasteiger partial charge in [-0.05, 0) is 62.2 Å². The molecule has 0 aliphatic heterocycles. The minimum absolute atomic E-state index is 0.0368. The van der Waals surface area contributed by atoms with Crippen molar-refractivity contribution in [2.24, 2.45) is 0 Å². The van der Waals surface area contributed by atoms with E-state index in [1.54, 1.807) is 12.1 Å². The highest BCUT2D eigenvalue weighted by Crippen LogP contribution is 2.18. The van der Waals surface area contributed by atoms with Gasteiger partial charge in [-0.3, -0.25) is 4.79 Å². The summed E-state index contributed by atoms with van der Waals surface area (Å²) in [5.41, 5.74) is 1.91. The third-order valence-corrected chi connectivity index (χ3v) is 5.27. The topological polar surface area (TPSA) is 60.5 Å². The first kappa shape index (κ1) is 22.1. The van der Waals surface area contributed by atoms with E-state index in [2.05, 4.69) is 10.3 Å². The van der Waals surface area contributed by atoms with Gasteiger partial charge in [-0.1, -0.05) is 23.7 Å². The molecule has 0 radical (unpaired) electrons. The zero-order valence-corrected chi connectivity index (χ0v) is 18.6. The monoisotopic (exact) mass is 444 g/mol. The number of ether oxygens (including phenoxy) is 2. The van der Waals surface area contributed by atoms with Crippen LogP contribution in [0.15, 0.2) is 53.9 Å². The van der Waals surface area contributed by atoms with Gasteiger partial charge < -0.3 is 14.8 Å². The Labute approximate surface area is 186 Å². The smallest absolute Gasteiger partial charge is 0.226 e. The predicted molar refractivity (Wildman–Crippen MR) is 121 cm³/mol. The van der Waals surface area contributed by atoms with Crippen molar-refractivity contribution >= 4 is 28.8 Å².